The number of nitro benzene ring substituents is 1. The smallest absolute Gasteiger partial charge is 0.305 e. The Morgan fingerprint density at radius 3 is 2.72 bits per heavy atom. The predicted molar refractivity (Wildman–Crippen MR) is 67.9 cm³/mol. The maximum atomic E-state index is 13.7. The Hall–Kier alpha value is -1.53. The van der Waals surface area contributed by atoms with Crippen molar-refractivity contribution in [2.45, 2.75) is 19.5 Å². The van der Waals surface area contributed by atoms with Crippen molar-refractivity contribution in [2.75, 3.05) is 20.6 Å². The van der Waals surface area contributed by atoms with Crippen LogP contribution in [0.5, 0.6) is 0 Å². The Morgan fingerprint density at radius 1 is 1.50 bits per heavy atom. The van der Waals surface area contributed by atoms with Crippen molar-refractivity contribution in [3.8, 4) is 0 Å². The van der Waals surface area contributed by atoms with E-state index in [0.29, 0.717) is 5.56 Å². The molecule has 0 heterocycles. The Labute approximate surface area is 106 Å². The van der Waals surface area contributed by atoms with Crippen LogP contribution in [-0.2, 0) is 6.54 Å². The van der Waals surface area contributed by atoms with Gasteiger partial charge in [-0.1, -0.05) is 12.1 Å². The largest absolute Gasteiger partial charge is 0.309 e. The van der Waals surface area contributed by atoms with Gasteiger partial charge in [-0.2, -0.15) is 4.39 Å². The molecule has 100 valence electrons. The molecule has 0 fully saturated rings. The van der Waals surface area contributed by atoms with E-state index in [2.05, 4.69) is 5.32 Å². The maximum absolute atomic E-state index is 13.7. The molecular weight excluding hydrogens is 237 g/mol. The van der Waals surface area contributed by atoms with Crippen molar-refractivity contribution in [3.63, 3.8) is 0 Å². The quantitative estimate of drug-likeness (QED) is 0.621. The van der Waals surface area contributed by atoms with Gasteiger partial charge in [0.05, 0.1) is 4.92 Å². The van der Waals surface area contributed by atoms with Gasteiger partial charge in [0, 0.05) is 30.8 Å². The Kier molecular flexibility index (Phi) is 5.18. The topological polar surface area (TPSA) is 58.4 Å². The van der Waals surface area contributed by atoms with E-state index in [4.69, 9.17) is 0 Å². The van der Waals surface area contributed by atoms with Gasteiger partial charge in [-0.05, 0) is 21.0 Å². The summed E-state index contributed by atoms with van der Waals surface area (Å²) in [7, 11) is 3.90. The van der Waals surface area contributed by atoms with Crippen LogP contribution in [0.3, 0.4) is 0 Å². The van der Waals surface area contributed by atoms with E-state index in [1.165, 1.54) is 12.1 Å². The highest BCUT2D eigenvalue weighted by molar-refractivity contribution is 5.36. The molecule has 0 aliphatic heterocycles. The summed E-state index contributed by atoms with van der Waals surface area (Å²) in [4.78, 5) is 11.9. The van der Waals surface area contributed by atoms with Crippen LogP contribution in [0.15, 0.2) is 18.2 Å². The van der Waals surface area contributed by atoms with Gasteiger partial charge < -0.3 is 10.2 Å². The molecule has 0 saturated carbocycles. The summed E-state index contributed by atoms with van der Waals surface area (Å²) in [6.45, 7) is 3.08. The van der Waals surface area contributed by atoms with Gasteiger partial charge in [-0.3, -0.25) is 10.1 Å². The minimum absolute atomic E-state index is 0.179. The van der Waals surface area contributed by atoms with Gasteiger partial charge in [0.25, 0.3) is 0 Å². The van der Waals surface area contributed by atoms with Crippen LogP contribution in [-0.4, -0.2) is 36.5 Å². The average molecular weight is 255 g/mol. The van der Waals surface area contributed by atoms with E-state index in [-0.39, 0.29) is 12.6 Å². The third-order valence-electron chi connectivity index (χ3n) is 2.53. The fraction of sp³-hybridized carbons (Fsp3) is 0.500. The standard InChI is InChI=1S/C12H18FN3O2/c1-9(8-15(2)3)14-7-10-5-4-6-11(12(10)13)16(17)18/h4-6,9,14H,7-8H2,1-3H3. The van der Waals surface area contributed by atoms with E-state index < -0.39 is 16.4 Å². The minimum atomic E-state index is -0.757. The number of nitrogens with zero attached hydrogens (tertiary/aromatic N) is 2. The second kappa shape index (κ2) is 6.42. The van der Waals surface area contributed by atoms with Crippen molar-refractivity contribution in [2.24, 2.45) is 0 Å². The van der Waals surface area contributed by atoms with Crippen molar-refractivity contribution in [1.82, 2.24) is 10.2 Å². The molecule has 1 atom stereocenters. The number of halogens is 1. The van der Waals surface area contributed by atoms with Gasteiger partial charge in [0.1, 0.15) is 0 Å². The zero-order valence-electron chi connectivity index (χ0n) is 10.8. The normalized spacial score (nSPS) is 12.7. The molecule has 5 nitrogen and oxygen atoms in total. The van der Waals surface area contributed by atoms with Gasteiger partial charge in [0.15, 0.2) is 0 Å². The van der Waals surface area contributed by atoms with Crippen molar-refractivity contribution in [3.05, 3.63) is 39.7 Å². The van der Waals surface area contributed by atoms with Gasteiger partial charge in [-0.25, -0.2) is 0 Å². The summed E-state index contributed by atoms with van der Waals surface area (Å²) < 4.78 is 13.7. The Morgan fingerprint density at radius 2 is 2.17 bits per heavy atom. The van der Waals surface area contributed by atoms with E-state index in [1.54, 1.807) is 6.07 Å². The van der Waals surface area contributed by atoms with Crippen molar-refractivity contribution in [1.29, 1.82) is 0 Å². The van der Waals surface area contributed by atoms with Crippen LogP contribution in [0.2, 0.25) is 0 Å². The summed E-state index contributed by atoms with van der Waals surface area (Å²) >= 11 is 0. The molecule has 0 spiro atoms. The first-order valence-electron chi connectivity index (χ1n) is 5.71. The fourth-order valence-corrected chi connectivity index (χ4v) is 1.74. The zero-order valence-corrected chi connectivity index (χ0v) is 10.8. The molecule has 18 heavy (non-hydrogen) atoms. The maximum Gasteiger partial charge on any atom is 0.305 e. The number of rotatable bonds is 6. The van der Waals surface area contributed by atoms with Crippen LogP contribution >= 0.6 is 0 Å². The van der Waals surface area contributed by atoms with Crippen molar-refractivity contribution < 1.29 is 9.31 Å². The number of benzene rings is 1. The van der Waals surface area contributed by atoms with Crippen LogP contribution in [0.1, 0.15) is 12.5 Å². The lowest BCUT2D eigenvalue weighted by atomic mass is 10.1. The molecule has 0 aliphatic rings. The lowest BCUT2D eigenvalue weighted by molar-refractivity contribution is -0.387. The summed E-state index contributed by atoms with van der Waals surface area (Å²) in [5.74, 6) is -0.757. The summed E-state index contributed by atoms with van der Waals surface area (Å²) in [6.07, 6.45) is 0. The van der Waals surface area contributed by atoms with E-state index in [0.717, 1.165) is 6.54 Å². The van der Waals surface area contributed by atoms with Gasteiger partial charge >= 0.3 is 5.69 Å². The molecule has 1 N–H and O–H groups in total. The summed E-state index contributed by atoms with van der Waals surface area (Å²) in [5.41, 5.74) is -0.163. The van der Waals surface area contributed by atoms with E-state index in [9.17, 15) is 14.5 Å². The highest BCUT2D eigenvalue weighted by Crippen LogP contribution is 2.19. The van der Waals surface area contributed by atoms with Crippen LogP contribution < -0.4 is 5.32 Å². The van der Waals surface area contributed by atoms with E-state index >= 15 is 0 Å². The average Bonchev–Trinajstić information content (AvgIpc) is 2.26. The lowest BCUT2D eigenvalue weighted by Crippen LogP contribution is -2.35. The van der Waals surface area contributed by atoms with Crippen LogP contribution in [0, 0.1) is 15.9 Å². The number of likely N-dealkylation sites (N-methyl/N-ethyl adjacent to an activating group) is 1. The minimum Gasteiger partial charge on any atom is -0.309 e. The molecule has 1 aromatic rings. The molecule has 0 aliphatic carbocycles. The summed E-state index contributed by atoms with van der Waals surface area (Å²) in [5, 5.41) is 13.7. The number of nitro groups is 1. The fourth-order valence-electron chi connectivity index (χ4n) is 1.74. The van der Waals surface area contributed by atoms with Crippen molar-refractivity contribution >= 4 is 5.69 Å². The monoisotopic (exact) mass is 255 g/mol. The molecule has 0 bridgehead atoms. The van der Waals surface area contributed by atoms with E-state index in [1.807, 2.05) is 25.9 Å². The first kappa shape index (κ1) is 14.5. The number of nitrogens with one attached hydrogen (secondary N) is 1. The second-order valence-corrected chi connectivity index (χ2v) is 4.55. The Bertz CT molecular complexity index is 424. The number of hydrogen-bond donors (Lipinski definition) is 1. The summed E-state index contributed by atoms with van der Waals surface area (Å²) in [6, 6.07) is 4.40. The SMILES string of the molecule is CC(CN(C)C)NCc1cccc([N+](=O)[O-])c1F. The molecule has 1 unspecified atom stereocenters. The molecule has 6 heteroatoms. The lowest BCUT2D eigenvalue weighted by Gasteiger charge is -2.18. The highest BCUT2D eigenvalue weighted by atomic mass is 19.1. The molecule has 0 radical (unpaired) electrons. The first-order valence-corrected chi connectivity index (χ1v) is 5.71. The van der Waals surface area contributed by atoms with Crippen LogP contribution in [0.25, 0.3) is 0 Å². The molecule has 0 aromatic heterocycles. The molecule has 0 saturated heterocycles. The van der Waals surface area contributed by atoms with Gasteiger partial charge in [0.2, 0.25) is 5.82 Å². The van der Waals surface area contributed by atoms with Gasteiger partial charge in [-0.15, -0.1) is 0 Å². The second-order valence-electron chi connectivity index (χ2n) is 4.55. The predicted octanol–water partition coefficient (Wildman–Crippen LogP) is 1.77. The third kappa shape index (κ3) is 4.05. The first-order chi connectivity index (χ1) is 8.41. The Balaban J connectivity index is 2.68. The molecule has 0 amide bonds. The van der Waals surface area contributed by atoms with Crippen LogP contribution in [0.4, 0.5) is 10.1 Å². The zero-order chi connectivity index (χ0) is 13.7. The molecule has 1 aromatic carbocycles. The molecule has 1 rings (SSSR count). The third-order valence-corrected chi connectivity index (χ3v) is 2.53. The molecular formula is C12H18FN3O2. The highest BCUT2D eigenvalue weighted by Gasteiger charge is 2.17. The number of hydrogen-bond acceptors (Lipinski definition) is 4.